The minimum atomic E-state index is -1.34. The van der Waals surface area contributed by atoms with Crippen molar-refractivity contribution in [3.63, 3.8) is 0 Å². The second-order valence-corrected chi connectivity index (χ2v) is 9.03. The Morgan fingerprint density at radius 1 is 1.42 bits per heavy atom. The molecular formula is C21H14ClN3O5S. The number of benzene rings is 1. The van der Waals surface area contributed by atoms with Gasteiger partial charge in [-0.1, -0.05) is 11.6 Å². The van der Waals surface area contributed by atoms with Gasteiger partial charge in [-0.05, 0) is 24.8 Å². The first-order valence-corrected chi connectivity index (χ1v) is 10.6. The number of halogens is 1. The summed E-state index contributed by atoms with van der Waals surface area (Å²) in [7, 11) is 0. The number of thiazole rings is 1. The molecule has 3 aromatic rings. The normalized spacial score (nSPS) is 16.6. The van der Waals surface area contributed by atoms with Crippen LogP contribution in [0.1, 0.15) is 40.0 Å². The van der Waals surface area contributed by atoms with Crippen LogP contribution in [0, 0.1) is 17.2 Å². The zero-order chi connectivity index (χ0) is 21.7. The molecule has 10 heteroatoms. The number of nitrogens with zero attached hydrogens (tertiary/aromatic N) is 3. The number of hydrogen-bond donors (Lipinski definition) is 1. The minimum Gasteiger partial charge on any atom is -0.492 e. The third-order valence-electron chi connectivity index (χ3n) is 5.16. The molecule has 1 aliphatic heterocycles. The fourth-order valence-electron chi connectivity index (χ4n) is 3.41. The molecule has 1 aliphatic carbocycles. The molecule has 0 saturated heterocycles. The van der Waals surface area contributed by atoms with Crippen LogP contribution in [0.5, 0.6) is 11.5 Å². The Morgan fingerprint density at radius 3 is 2.87 bits per heavy atom. The third kappa shape index (κ3) is 3.54. The molecule has 8 nitrogen and oxygen atoms in total. The van der Waals surface area contributed by atoms with Crippen molar-refractivity contribution < 1.29 is 19.4 Å². The summed E-state index contributed by atoms with van der Waals surface area (Å²) >= 11 is 7.23. The molecule has 0 amide bonds. The van der Waals surface area contributed by atoms with Crippen molar-refractivity contribution in [3.8, 4) is 28.8 Å². The monoisotopic (exact) mass is 455 g/mol. The quantitative estimate of drug-likeness (QED) is 0.619. The second-order valence-electron chi connectivity index (χ2n) is 7.33. The molecule has 0 bridgehead atoms. The highest BCUT2D eigenvalue weighted by molar-refractivity contribution is 7.15. The summed E-state index contributed by atoms with van der Waals surface area (Å²) in [6.45, 7) is 0.525. The van der Waals surface area contributed by atoms with E-state index in [9.17, 15) is 20.0 Å². The summed E-state index contributed by atoms with van der Waals surface area (Å²) in [5.41, 5.74) is 0.171. The van der Waals surface area contributed by atoms with Gasteiger partial charge in [-0.2, -0.15) is 5.26 Å². The van der Waals surface area contributed by atoms with Gasteiger partial charge >= 0.3 is 5.97 Å². The predicted octanol–water partition coefficient (Wildman–Crippen LogP) is 3.92. The van der Waals surface area contributed by atoms with Crippen LogP contribution < -0.4 is 14.9 Å². The molecule has 2 aromatic heterocycles. The number of ether oxygens (including phenoxy) is 2. The van der Waals surface area contributed by atoms with E-state index < -0.39 is 23.2 Å². The van der Waals surface area contributed by atoms with E-state index in [1.54, 1.807) is 12.1 Å². The van der Waals surface area contributed by atoms with E-state index in [-0.39, 0.29) is 0 Å². The van der Waals surface area contributed by atoms with Gasteiger partial charge in [0, 0.05) is 23.9 Å². The Hall–Kier alpha value is -3.35. The maximum absolute atomic E-state index is 12.4. The summed E-state index contributed by atoms with van der Waals surface area (Å²) < 4.78 is 14.0. The number of hydrogen-bond acceptors (Lipinski definition) is 7. The predicted molar refractivity (Wildman–Crippen MR) is 112 cm³/mol. The van der Waals surface area contributed by atoms with E-state index in [0.29, 0.717) is 50.2 Å². The molecule has 1 atom stereocenters. The first-order chi connectivity index (χ1) is 14.9. The molecule has 31 heavy (non-hydrogen) atoms. The Labute approximate surface area is 184 Å². The molecule has 3 heterocycles. The molecule has 0 radical (unpaired) electrons. The van der Waals surface area contributed by atoms with Gasteiger partial charge in [0.15, 0.2) is 10.4 Å². The van der Waals surface area contributed by atoms with Crippen molar-refractivity contribution in [2.24, 2.45) is 5.92 Å². The number of carboxylic acids is 1. The third-order valence-corrected chi connectivity index (χ3v) is 6.30. The Bertz CT molecular complexity index is 1320. The molecule has 1 saturated carbocycles. The van der Waals surface area contributed by atoms with Crippen molar-refractivity contribution in [2.75, 3.05) is 6.61 Å². The number of carbonyl (C=O) groups is 1. The molecule has 1 unspecified atom stereocenters. The second kappa shape index (κ2) is 7.41. The number of pyridine rings is 1. The summed E-state index contributed by atoms with van der Waals surface area (Å²) in [6, 6.07) is 6.58. The van der Waals surface area contributed by atoms with Crippen LogP contribution in [0.25, 0.3) is 11.3 Å². The lowest BCUT2D eigenvalue weighted by molar-refractivity contribution is 0.0693. The molecular weight excluding hydrogens is 442 g/mol. The smallest absolute Gasteiger partial charge is 0.341 e. The fraction of sp³-hybridized carbons (Fsp3) is 0.238. The maximum Gasteiger partial charge on any atom is 0.341 e. The first kappa shape index (κ1) is 19.6. The van der Waals surface area contributed by atoms with Crippen molar-refractivity contribution >= 4 is 28.9 Å². The van der Waals surface area contributed by atoms with E-state index in [1.807, 2.05) is 0 Å². The van der Waals surface area contributed by atoms with Crippen LogP contribution in [0.4, 0.5) is 0 Å². The van der Waals surface area contributed by atoms with Gasteiger partial charge in [-0.25, -0.2) is 9.78 Å². The van der Waals surface area contributed by atoms with Crippen molar-refractivity contribution in [1.29, 1.82) is 5.26 Å². The summed E-state index contributed by atoms with van der Waals surface area (Å²) in [5, 5.41) is 19.5. The van der Waals surface area contributed by atoms with Crippen LogP contribution in [-0.2, 0) is 0 Å². The lowest BCUT2D eigenvalue weighted by atomic mass is 10.0. The number of fused-ring (bicyclic) bond motifs is 3. The van der Waals surface area contributed by atoms with Gasteiger partial charge in [-0.3, -0.25) is 4.79 Å². The molecule has 0 spiro atoms. The topological polar surface area (TPSA) is 114 Å². The van der Waals surface area contributed by atoms with Gasteiger partial charge in [0.1, 0.15) is 27.5 Å². The molecule has 1 fully saturated rings. The Kier molecular flexibility index (Phi) is 4.68. The van der Waals surface area contributed by atoms with Crippen molar-refractivity contribution in [3.05, 3.63) is 61.3 Å². The number of rotatable bonds is 5. The van der Waals surface area contributed by atoms with Crippen LogP contribution in [0.2, 0.25) is 4.34 Å². The minimum absolute atomic E-state index is 0.306. The zero-order valence-electron chi connectivity index (χ0n) is 15.9. The largest absolute Gasteiger partial charge is 0.492 e. The van der Waals surface area contributed by atoms with Crippen LogP contribution >= 0.6 is 22.9 Å². The van der Waals surface area contributed by atoms with Crippen LogP contribution in [0.3, 0.4) is 0 Å². The average molecular weight is 456 g/mol. The van der Waals surface area contributed by atoms with E-state index >= 15 is 0 Å². The lowest BCUT2D eigenvalue weighted by Crippen LogP contribution is -2.27. The lowest BCUT2D eigenvalue weighted by Gasteiger charge is -2.30. The van der Waals surface area contributed by atoms with Crippen LogP contribution in [-0.4, -0.2) is 27.2 Å². The number of aromatic carboxylic acids is 1. The van der Waals surface area contributed by atoms with Crippen molar-refractivity contribution in [1.82, 2.24) is 9.55 Å². The molecule has 5 rings (SSSR count). The SMILES string of the molecule is N#Cc1cc2c(cc1OCC1CC1)OC(c1ncc(Cl)s1)n1cc(C(=O)O)c(=O)cc1-2. The molecule has 156 valence electrons. The number of carboxylic acid groups (broad SMARTS) is 1. The Balaban J connectivity index is 1.69. The zero-order valence-corrected chi connectivity index (χ0v) is 17.4. The fourth-order valence-corrected chi connectivity index (χ4v) is 4.36. The highest BCUT2D eigenvalue weighted by Gasteiger charge is 2.32. The van der Waals surface area contributed by atoms with E-state index in [0.717, 1.165) is 12.8 Å². The van der Waals surface area contributed by atoms with E-state index in [1.165, 1.54) is 34.4 Å². The van der Waals surface area contributed by atoms with Crippen LogP contribution in [0.15, 0.2) is 35.4 Å². The standard InChI is InChI=1S/C21H14ClN3O5S/c22-18-7-24-19(31-18)20-25-8-13(21(27)28)15(26)4-14(25)12-3-11(6-23)16(5-17(12)30-20)29-9-10-1-2-10/h3-5,7-8,10,20H,1-2,9H2,(H,27,28). The highest BCUT2D eigenvalue weighted by Crippen LogP contribution is 2.44. The van der Waals surface area contributed by atoms with Crippen molar-refractivity contribution in [2.45, 2.75) is 19.1 Å². The van der Waals surface area contributed by atoms with E-state index in [4.69, 9.17) is 21.1 Å². The summed E-state index contributed by atoms with van der Waals surface area (Å²) in [5.74, 6) is -0.0309. The Morgan fingerprint density at radius 2 is 2.23 bits per heavy atom. The molecule has 2 aliphatic rings. The van der Waals surface area contributed by atoms with Gasteiger partial charge in [0.05, 0.1) is 24.1 Å². The van der Waals surface area contributed by atoms with Gasteiger partial charge < -0.3 is 19.1 Å². The molecule has 1 aromatic carbocycles. The highest BCUT2D eigenvalue weighted by atomic mass is 35.5. The number of nitriles is 1. The van der Waals surface area contributed by atoms with Gasteiger partial charge in [0.2, 0.25) is 6.23 Å². The average Bonchev–Trinajstić information content (AvgIpc) is 3.48. The molecule has 1 N–H and O–H groups in total. The van der Waals surface area contributed by atoms with E-state index in [2.05, 4.69) is 11.1 Å². The maximum atomic E-state index is 12.4. The summed E-state index contributed by atoms with van der Waals surface area (Å²) in [4.78, 5) is 28.2. The first-order valence-electron chi connectivity index (χ1n) is 9.43. The van der Waals surface area contributed by atoms with Gasteiger partial charge in [-0.15, -0.1) is 11.3 Å². The van der Waals surface area contributed by atoms with Gasteiger partial charge in [0.25, 0.3) is 0 Å². The number of aromatic nitrogens is 2. The summed E-state index contributed by atoms with van der Waals surface area (Å²) in [6.07, 6.45) is 4.09.